The van der Waals surface area contributed by atoms with E-state index in [2.05, 4.69) is 0 Å². The van der Waals surface area contributed by atoms with Gasteiger partial charge in [0, 0.05) is 26.4 Å². The number of aliphatic hydroxyl groups excluding tert-OH is 1. The third-order valence-electron chi connectivity index (χ3n) is 2.57. The van der Waals surface area contributed by atoms with Crippen LogP contribution in [-0.4, -0.2) is 37.6 Å². The van der Waals surface area contributed by atoms with Crippen LogP contribution < -0.4 is 0 Å². The number of aliphatic hydroxyl groups is 1. The highest BCUT2D eigenvalue weighted by Crippen LogP contribution is 2.20. The molecule has 1 fully saturated rings. The molecule has 0 aromatic heterocycles. The van der Waals surface area contributed by atoms with Gasteiger partial charge in [-0.2, -0.15) is 0 Å². The predicted octanol–water partition coefficient (Wildman–Crippen LogP) is 1.20. The van der Waals surface area contributed by atoms with Crippen molar-refractivity contribution < 1.29 is 14.6 Å². The molecule has 0 aliphatic carbocycles. The Bertz CT molecular complexity index is 121. The van der Waals surface area contributed by atoms with Gasteiger partial charge in [0.1, 0.15) is 0 Å². The summed E-state index contributed by atoms with van der Waals surface area (Å²) < 4.78 is 10.4. The van der Waals surface area contributed by atoms with Crippen LogP contribution in [0.25, 0.3) is 0 Å². The highest BCUT2D eigenvalue weighted by molar-refractivity contribution is 4.71. The highest BCUT2D eigenvalue weighted by atomic mass is 16.5. The number of rotatable bonds is 5. The van der Waals surface area contributed by atoms with E-state index in [0.717, 1.165) is 39.1 Å². The van der Waals surface area contributed by atoms with Crippen molar-refractivity contribution in [1.29, 1.82) is 0 Å². The Morgan fingerprint density at radius 2 is 2.15 bits per heavy atom. The normalized spacial score (nSPS) is 21.7. The molecular formula is C10H20O3. The van der Waals surface area contributed by atoms with Crippen LogP contribution in [-0.2, 0) is 9.47 Å². The van der Waals surface area contributed by atoms with Crippen LogP contribution in [0.5, 0.6) is 0 Å². The van der Waals surface area contributed by atoms with E-state index in [1.54, 1.807) is 0 Å². The largest absolute Gasteiger partial charge is 0.393 e. The average Bonchev–Trinajstić information content (AvgIpc) is 2.19. The zero-order valence-corrected chi connectivity index (χ0v) is 8.37. The lowest BCUT2D eigenvalue weighted by atomic mass is 9.92. The molecule has 0 aromatic carbocycles. The molecule has 1 saturated heterocycles. The van der Waals surface area contributed by atoms with Gasteiger partial charge in [-0.1, -0.05) is 0 Å². The standard InChI is InChI=1S/C10H20O3/c1-2-12-8-5-10(11)9-3-6-13-7-4-9/h9-11H,2-8H2,1H3. The van der Waals surface area contributed by atoms with Crippen LogP contribution >= 0.6 is 0 Å². The van der Waals surface area contributed by atoms with Gasteiger partial charge in [0.05, 0.1) is 6.10 Å². The molecule has 1 aliphatic rings. The second kappa shape index (κ2) is 6.35. The van der Waals surface area contributed by atoms with E-state index in [1.165, 1.54) is 0 Å². The number of hydrogen-bond acceptors (Lipinski definition) is 3. The monoisotopic (exact) mass is 188 g/mol. The van der Waals surface area contributed by atoms with Crippen LogP contribution in [0.4, 0.5) is 0 Å². The van der Waals surface area contributed by atoms with Gasteiger partial charge in [-0.15, -0.1) is 0 Å². The summed E-state index contributed by atoms with van der Waals surface area (Å²) >= 11 is 0. The summed E-state index contributed by atoms with van der Waals surface area (Å²) in [5.74, 6) is 0.425. The number of hydrogen-bond donors (Lipinski definition) is 1. The van der Waals surface area contributed by atoms with Crippen molar-refractivity contribution in [3.63, 3.8) is 0 Å². The van der Waals surface area contributed by atoms with Gasteiger partial charge in [-0.05, 0) is 32.1 Å². The second-order valence-corrected chi connectivity index (χ2v) is 3.50. The molecule has 0 bridgehead atoms. The van der Waals surface area contributed by atoms with Gasteiger partial charge < -0.3 is 14.6 Å². The van der Waals surface area contributed by atoms with E-state index in [9.17, 15) is 5.11 Å². The lowest BCUT2D eigenvalue weighted by molar-refractivity contribution is -0.00668. The molecule has 1 unspecified atom stereocenters. The van der Waals surface area contributed by atoms with Crippen LogP contribution in [0.15, 0.2) is 0 Å². The van der Waals surface area contributed by atoms with Crippen molar-refractivity contribution in [1.82, 2.24) is 0 Å². The zero-order chi connectivity index (χ0) is 9.52. The molecule has 78 valence electrons. The van der Waals surface area contributed by atoms with E-state index in [4.69, 9.17) is 9.47 Å². The molecule has 0 amide bonds. The van der Waals surface area contributed by atoms with Crippen molar-refractivity contribution in [3.8, 4) is 0 Å². The maximum absolute atomic E-state index is 9.77. The number of ether oxygens (including phenoxy) is 2. The molecule has 1 atom stereocenters. The fourth-order valence-electron chi connectivity index (χ4n) is 1.68. The predicted molar refractivity (Wildman–Crippen MR) is 50.7 cm³/mol. The third-order valence-corrected chi connectivity index (χ3v) is 2.57. The molecule has 0 radical (unpaired) electrons. The molecule has 1 N–H and O–H groups in total. The first-order valence-electron chi connectivity index (χ1n) is 5.18. The van der Waals surface area contributed by atoms with E-state index in [0.29, 0.717) is 12.5 Å². The fourth-order valence-corrected chi connectivity index (χ4v) is 1.68. The van der Waals surface area contributed by atoms with Crippen molar-refractivity contribution in [2.75, 3.05) is 26.4 Å². The minimum absolute atomic E-state index is 0.199. The lowest BCUT2D eigenvalue weighted by Crippen LogP contribution is -2.28. The Labute approximate surface area is 80.0 Å². The summed E-state index contributed by atoms with van der Waals surface area (Å²) in [6.07, 6.45) is 2.55. The molecule has 0 saturated carbocycles. The molecule has 1 rings (SSSR count). The Kier molecular flexibility index (Phi) is 5.35. The summed E-state index contributed by atoms with van der Waals surface area (Å²) in [5.41, 5.74) is 0. The van der Waals surface area contributed by atoms with E-state index >= 15 is 0 Å². The Balaban J connectivity index is 2.09. The van der Waals surface area contributed by atoms with Crippen molar-refractivity contribution >= 4 is 0 Å². The summed E-state index contributed by atoms with van der Waals surface area (Å²) in [5, 5.41) is 9.77. The van der Waals surface area contributed by atoms with Crippen LogP contribution in [0.2, 0.25) is 0 Å². The summed E-state index contributed by atoms with van der Waals surface area (Å²) in [6.45, 7) is 4.99. The smallest absolute Gasteiger partial charge is 0.0592 e. The summed E-state index contributed by atoms with van der Waals surface area (Å²) in [6, 6.07) is 0. The molecule has 13 heavy (non-hydrogen) atoms. The van der Waals surface area contributed by atoms with Crippen molar-refractivity contribution in [3.05, 3.63) is 0 Å². The first-order valence-corrected chi connectivity index (χ1v) is 5.18. The third kappa shape index (κ3) is 4.07. The van der Waals surface area contributed by atoms with E-state index in [-0.39, 0.29) is 6.10 Å². The molecule has 1 heterocycles. The van der Waals surface area contributed by atoms with Crippen molar-refractivity contribution in [2.45, 2.75) is 32.3 Å². The molecular weight excluding hydrogens is 168 g/mol. The topological polar surface area (TPSA) is 38.7 Å². The molecule has 0 aromatic rings. The summed E-state index contributed by atoms with van der Waals surface area (Å²) in [4.78, 5) is 0. The average molecular weight is 188 g/mol. The van der Waals surface area contributed by atoms with E-state index in [1.807, 2.05) is 6.92 Å². The van der Waals surface area contributed by atoms with Gasteiger partial charge >= 0.3 is 0 Å². The first-order chi connectivity index (χ1) is 6.34. The zero-order valence-electron chi connectivity index (χ0n) is 8.37. The van der Waals surface area contributed by atoms with Crippen molar-refractivity contribution in [2.24, 2.45) is 5.92 Å². The highest BCUT2D eigenvalue weighted by Gasteiger charge is 2.21. The molecule has 1 aliphatic heterocycles. The lowest BCUT2D eigenvalue weighted by Gasteiger charge is -2.26. The maximum Gasteiger partial charge on any atom is 0.0592 e. The first kappa shape index (κ1) is 11.0. The van der Waals surface area contributed by atoms with Gasteiger partial charge in [0.2, 0.25) is 0 Å². The second-order valence-electron chi connectivity index (χ2n) is 3.50. The minimum Gasteiger partial charge on any atom is -0.393 e. The van der Waals surface area contributed by atoms with E-state index < -0.39 is 0 Å². The van der Waals surface area contributed by atoms with Gasteiger partial charge in [-0.25, -0.2) is 0 Å². The van der Waals surface area contributed by atoms with Crippen LogP contribution in [0, 0.1) is 5.92 Å². The Morgan fingerprint density at radius 3 is 2.77 bits per heavy atom. The quantitative estimate of drug-likeness (QED) is 0.659. The summed E-state index contributed by atoms with van der Waals surface area (Å²) in [7, 11) is 0. The van der Waals surface area contributed by atoms with Gasteiger partial charge in [0.25, 0.3) is 0 Å². The minimum atomic E-state index is -0.199. The van der Waals surface area contributed by atoms with Gasteiger partial charge in [-0.3, -0.25) is 0 Å². The Morgan fingerprint density at radius 1 is 1.46 bits per heavy atom. The van der Waals surface area contributed by atoms with Crippen LogP contribution in [0.3, 0.4) is 0 Å². The SMILES string of the molecule is CCOCCC(O)C1CCOCC1. The van der Waals surface area contributed by atoms with Crippen LogP contribution in [0.1, 0.15) is 26.2 Å². The molecule has 0 spiro atoms. The van der Waals surface area contributed by atoms with Gasteiger partial charge in [0.15, 0.2) is 0 Å². The Hall–Kier alpha value is -0.120. The maximum atomic E-state index is 9.77. The molecule has 3 heteroatoms. The molecule has 3 nitrogen and oxygen atoms in total. The fraction of sp³-hybridized carbons (Fsp3) is 1.00.